The van der Waals surface area contributed by atoms with E-state index in [1.807, 2.05) is 13.8 Å². The molecular weight excluding hydrogens is 404 g/mol. The van der Waals surface area contributed by atoms with Gasteiger partial charge in [0.05, 0.1) is 0 Å². The van der Waals surface area contributed by atoms with Gasteiger partial charge in [-0.1, -0.05) is 6.92 Å². The van der Waals surface area contributed by atoms with Gasteiger partial charge < -0.3 is 10.6 Å². The van der Waals surface area contributed by atoms with Crippen molar-refractivity contribution in [3.8, 4) is 0 Å². The lowest BCUT2D eigenvalue weighted by Gasteiger charge is -2.31. The largest absolute Gasteiger partial charge is 0.352 e. The van der Waals surface area contributed by atoms with E-state index in [1.54, 1.807) is 6.92 Å². The second-order valence-corrected chi connectivity index (χ2v) is 9.21. The summed E-state index contributed by atoms with van der Waals surface area (Å²) in [6, 6.07) is 1.57. The molecule has 1 aromatic carbocycles. The Hall–Kier alpha value is -2.07. The first kappa shape index (κ1) is 23.2. The zero-order chi connectivity index (χ0) is 21.8. The molecule has 1 saturated heterocycles. The second kappa shape index (κ2) is 9.62. The van der Waals surface area contributed by atoms with Crippen molar-refractivity contribution in [3.63, 3.8) is 0 Å². The van der Waals surface area contributed by atoms with Crippen molar-refractivity contribution in [1.29, 1.82) is 0 Å². The second-order valence-electron chi connectivity index (χ2n) is 7.30. The average molecular weight is 432 g/mol. The SMILES string of the molecule is CCC(C)NC(=O)C(C)NC(=O)C1CCN(S(=O)(=O)c2cc(F)ccc2F)CC1. The number of benzene rings is 1. The number of amides is 2. The van der Waals surface area contributed by atoms with Gasteiger partial charge in [0, 0.05) is 25.0 Å². The fraction of sp³-hybridized carbons (Fsp3) is 0.579. The van der Waals surface area contributed by atoms with Crippen molar-refractivity contribution < 1.29 is 26.8 Å². The van der Waals surface area contributed by atoms with Gasteiger partial charge in [0.25, 0.3) is 0 Å². The van der Waals surface area contributed by atoms with Crippen molar-refractivity contribution in [2.75, 3.05) is 13.1 Å². The van der Waals surface area contributed by atoms with E-state index in [9.17, 15) is 26.8 Å². The molecular formula is C19H27F2N3O4S. The van der Waals surface area contributed by atoms with Crippen molar-refractivity contribution in [3.05, 3.63) is 29.8 Å². The standard InChI is InChI=1S/C19H27F2N3O4S/c1-4-12(2)22-18(25)13(3)23-19(26)14-7-9-24(10-8-14)29(27,28)17-11-15(20)5-6-16(17)21/h5-6,11-14H,4,7-10H2,1-3H3,(H,22,25)(H,23,26). The summed E-state index contributed by atoms with van der Waals surface area (Å²) in [5.74, 6) is -2.94. The van der Waals surface area contributed by atoms with Crippen LogP contribution in [0.2, 0.25) is 0 Å². The summed E-state index contributed by atoms with van der Waals surface area (Å²) in [7, 11) is -4.19. The molecule has 0 bridgehead atoms. The van der Waals surface area contributed by atoms with E-state index in [0.717, 1.165) is 22.9 Å². The highest BCUT2D eigenvalue weighted by atomic mass is 32.2. The highest BCUT2D eigenvalue weighted by Gasteiger charge is 2.34. The van der Waals surface area contributed by atoms with E-state index in [0.29, 0.717) is 6.07 Å². The fourth-order valence-corrected chi connectivity index (χ4v) is 4.58. The predicted molar refractivity (Wildman–Crippen MR) is 103 cm³/mol. The number of hydrogen-bond acceptors (Lipinski definition) is 4. The molecule has 0 aliphatic carbocycles. The normalized spacial score (nSPS) is 18.1. The van der Waals surface area contributed by atoms with Crippen LogP contribution in [0.15, 0.2) is 23.1 Å². The molecule has 1 fully saturated rings. The number of nitrogens with one attached hydrogen (secondary N) is 2. The van der Waals surface area contributed by atoms with E-state index in [1.165, 1.54) is 0 Å². The molecule has 1 aromatic rings. The summed E-state index contributed by atoms with van der Waals surface area (Å²) >= 11 is 0. The Bertz CT molecular complexity index is 855. The molecule has 0 radical (unpaired) electrons. The van der Waals surface area contributed by atoms with Gasteiger partial charge in [0.15, 0.2) is 0 Å². The minimum atomic E-state index is -4.19. The summed E-state index contributed by atoms with van der Waals surface area (Å²) in [6.45, 7) is 5.39. The number of sulfonamides is 1. The first-order chi connectivity index (χ1) is 13.6. The smallest absolute Gasteiger partial charge is 0.246 e. The van der Waals surface area contributed by atoms with Gasteiger partial charge in [-0.15, -0.1) is 0 Å². The molecule has 1 aliphatic heterocycles. The Morgan fingerprint density at radius 3 is 2.38 bits per heavy atom. The highest BCUT2D eigenvalue weighted by molar-refractivity contribution is 7.89. The van der Waals surface area contributed by atoms with E-state index in [-0.39, 0.29) is 43.8 Å². The molecule has 2 atom stereocenters. The summed E-state index contributed by atoms with van der Waals surface area (Å²) in [5.41, 5.74) is 0. The molecule has 0 aromatic heterocycles. The van der Waals surface area contributed by atoms with E-state index >= 15 is 0 Å². The Morgan fingerprint density at radius 2 is 1.79 bits per heavy atom. The van der Waals surface area contributed by atoms with Crippen LogP contribution in [0.4, 0.5) is 8.78 Å². The molecule has 2 amide bonds. The summed E-state index contributed by atoms with van der Waals surface area (Å²) in [5, 5.41) is 5.44. The topological polar surface area (TPSA) is 95.6 Å². The maximum atomic E-state index is 13.9. The lowest BCUT2D eigenvalue weighted by molar-refractivity contribution is -0.131. The lowest BCUT2D eigenvalue weighted by atomic mass is 9.97. The molecule has 29 heavy (non-hydrogen) atoms. The first-order valence-corrected chi connectivity index (χ1v) is 11.1. The van der Waals surface area contributed by atoms with Crippen LogP contribution in [0.25, 0.3) is 0 Å². The molecule has 7 nitrogen and oxygen atoms in total. The Morgan fingerprint density at radius 1 is 1.17 bits per heavy atom. The molecule has 2 rings (SSSR count). The predicted octanol–water partition coefficient (Wildman–Crippen LogP) is 1.78. The number of hydrogen-bond donors (Lipinski definition) is 2. The van der Waals surface area contributed by atoms with Crippen LogP contribution in [-0.4, -0.2) is 49.7 Å². The van der Waals surface area contributed by atoms with Gasteiger partial charge in [0.1, 0.15) is 22.6 Å². The quantitative estimate of drug-likeness (QED) is 0.688. The van der Waals surface area contributed by atoms with Gasteiger partial charge in [0.2, 0.25) is 21.8 Å². The zero-order valence-corrected chi connectivity index (χ0v) is 17.6. The van der Waals surface area contributed by atoms with Crippen LogP contribution >= 0.6 is 0 Å². The van der Waals surface area contributed by atoms with Crippen LogP contribution in [0.3, 0.4) is 0 Å². The van der Waals surface area contributed by atoms with Crippen molar-refractivity contribution in [2.45, 2.75) is 57.0 Å². The van der Waals surface area contributed by atoms with Gasteiger partial charge in [-0.25, -0.2) is 17.2 Å². The number of nitrogens with zero attached hydrogens (tertiary/aromatic N) is 1. The molecule has 2 N–H and O–H groups in total. The monoisotopic (exact) mass is 431 g/mol. The third-order valence-corrected chi connectivity index (χ3v) is 7.00. The Labute approximate surface area is 169 Å². The van der Waals surface area contributed by atoms with Crippen LogP contribution in [-0.2, 0) is 19.6 Å². The molecule has 0 spiro atoms. The molecule has 162 valence electrons. The van der Waals surface area contributed by atoms with E-state index in [2.05, 4.69) is 10.6 Å². The number of halogens is 2. The zero-order valence-electron chi connectivity index (χ0n) is 16.7. The summed E-state index contributed by atoms with van der Waals surface area (Å²) < 4.78 is 53.5. The molecule has 1 heterocycles. The Balaban J connectivity index is 1.95. The van der Waals surface area contributed by atoms with Crippen molar-refractivity contribution in [1.82, 2.24) is 14.9 Å². The molecule has 10 heteroatoms. The molecule has 2 unspecified atom stereocenters. The van der Waals surface area contributed by atoms with Gasteiger partial charge in [-0.3, -0.25) is 9.59 Å². The number of piperidine rings is 1. The number of rotatable bonds is 7. The summed E-state index contributed by atoms with van der Waals surface area (Å²) in [6.07, 6.45) is 1.22. The van der Waals surface area contributed by atoms with Crippen LogP contribution in [0.1, 0.15) is 40.0 Å². The van der Waals surface area contributed by atoms with Crippen molar-refractivity contribution >= 4 is 21.8 Å². The maximum Gasteiger partial charge on any atom is 0.246 e. The van der Waals surface area contributed by atoms with E-state index in [4.69, 9.17) is 0 Å². The fourth-order valence-electron chi connectivity index (χ4n) is 3.04. The minimum Gasteiger partial charge on any atom is -0.352 e. The third-order valence-electron chi connectivity index (χ3n) is 5.09. The van der Waals surface area contributed by atoms with Crippen LogP contribution in [0.5, 0.6) is 0 Å². The van der Waals surface area contributed by atoms with Crippen LogP contribution in [0, 0.1) is 17.6 Å². The first-order valence-electron chi connectivity index (χ1n) is 9.62. The van der Waals surface area contributed by atoms with Gasteiger partial charge in [-0.2, -0.15) is 4.31 Å². The van der Waals surface area contributed by atoms with Gasteiger partial charge in [-0.05, 0) is 51.3 Å². The third kappa shape index (κ3) is 5.72. The van der Waals surface area contributed by atoms with Gasteiger partial charge >= 0.3 is 0 Å². The maximum absolute atomic E-state index is 13.9. The highest BCUT2D eigenvalue weighted by Crippen LogP contribution is 2.26. The van der Waals surface area contributed by atoms with Crippen LogP contribution < -0.4 is 10.6 Å². The summed E-state index contributed by atoms with van der Waals surface area (Å²) in [4.78, 5) is 23.8. The van der Waals surface area contributed by atoms with Crippen molar-refractivity contribution in [2.24, 2.45) is 5.92 Å². The molecule has 1 aliphatic rings. The molecule has 0 saturated carbocycles. The number of carbonyl (C=O) groups excluding carboxylic acids is 2. The minimum absolute atomic E-state index is 0.00137. The lowest BCUT2D eigenvalue weighted by Crippen LogP contribution is -2.50. The Kier molecular flexibility index (Phi) is 7.70. The number of carbonyl (C=O) groups is 2. The van der Waals surface area contributed by atoms with E-state index < -0.39 is 38.5 Å². The average Bonchev–Trinajstić information content (AvgIpc) is 2.69.